The molecule has 1 saturated heterocycles. The molecule has 1 fully saturated rings. The van der Waals surface area contributed by atoms with Gasteiger partial charge in [-0.1, -0.05) is 0 Å². The van der Waals surface area contributed by atoms with E-state index in [1.807, 2.05) is 0 Å². The number of carbonyl (C=O) groups excluding carboxylic acids is 2. The zero-order valence-corrected chi connectivity index (χ0v) is 16.1. The fraction of sp³-hybridized carbons (Fsp3) is 0.529. The Morgan fingerprint density at radius 1 is 1.19 bits per heavy atom. The number of nitrogens with zero attached hydrogens (tertiary/aromatic N) is 1. The molecule has 10 heteroatoms. The first-order valence-electron chi connectivity index (χ1n) is 8.47. The van der Waals surface area contributed by atoms with Crippen molar-refractivity contribution in [1.29, 1.82) is 0 Å². The van der Waals surface area contributed by atoms with Gasteiger partial charge in [-0.05, 0) is 31.0 Å². The Morgan fingerprint density at radius 2 is 1.81 bits per heavy atom. The highest BCUT2D eigenvalue weighted by Crippen LogP contribution is 2.27. The van der Waals surface area contributed by atoms with Gasteiger partial charge in [0.15, 0.2) is 11.5 Å². The van der Waals surface area contributed by atoms with E-state index in [0.29, 0.717) is 17.1 Å². The Morgan fingerprint density at radius 3 is 2.37 bits per heavy atom. The van der Waals surface area contributed by atoms with Crippen LogP contribution in [0, 0.1) is 5.92 Å². The minimum atomic E-state index is -3.57. The molecular weight excluding hydrogens is 376 g/mol. The molecule has 1 amide bonds. The molecule has 0 radical (unpaired) electrons. The number of nitrogens with one attached hydrogen (secondary N) is 1. The first kappa shape index (κ1) is 21.0. The Bertz CT molecular complexity index is 786. The van der Waals surface area contributed by atoms with Crippen molar-refractivity contribution < 1.29 is 32.6 Å². The van der Waals surface area contributed by atoms with Crippen LogP contribution >= 0.6 is 0 Å². The number of aliphatic carboxylic acids is 1. The van der Waals surface area contributed by atoms with Crippen molar-refractivity contribution in [2.45, 2.75) is 12.8 Å². The number of benzene rings is 1. The minimum Gasteiger partial charge on any atom is -0.550 e. The van der Waals surface area contributed by atoms with Gasteiger partial charge in [0.25, 0.3) is 5.91 Å². The van der Waals surface area contributed by atoms with E-state index in [1.165, 1.54) is 24.6 Å². The minimum absolute atomic E-state index is 0.0596. The number of hydrogen-bond acceptors (Lipinski definition) is 7. The summed E-state index contributed by atoms with van der Waals surface area (Å²) < 4.78 is 36.2. The van der Waals surface area contributed by atoms with Crippen LogP contribution < -0.4 is 19.9 Å². The zero-order chi connectivity index (χ0) is 20.0. The van der Waals surface area contributed by atoms with Gasteiger partial charge in [0, 0.05) is 37.1 Å². The molecule has 1 aliphatic rings. The van der Waals surface area contributed by atoms with E-state index in [-0.39, 0.29) is 38.2 Å². The Hall–Kier alpha value is -2.33. The third-order valence-electron chi connectivity index (χ3n) is 4.47. The number of carboxylic acid groups (broad SMARTS) is 1. The van der Waals surface area contributed by atoms with Crippen LogP contribution in [0.5, 0.6) is 11.5 Å². The van der Waals surface area contributed by atoms with Gasteiger partial charge < -0.3 is 24.7 Å². The smallest absolute Gasteiger partial charge is 0.251 e. The van der Waals surface area contributed by atoms with Crippen molar-refractivity contribution in [2.75, 3.05) is 39.6 Å². The van der Waals surface area contributed by atoms with Gasteiger partial charge in [0.2, 0.25) is 10.0 Å². The molecular formula is C17H23N2O7S-. The molecule has 1 N–H and O–H groups in total. The molecule has 0 spiro atoms. The van der Waals surface area contributed by atoms with Crippen LogP contribution in [0.4, 0.5) is 0 Å². The first-order valence-corrected chi connectivity index (χ1v) is 10.1. The maximum absolute atomic E-state index is 12.3. The van der Waals surface area contributed by atoms with Gasteiger partial charge in [0.05, 0.1) is 20.0 Å². The lowest BCUT2D eigenvalue weighted by Gasteiger charge is -2.31. The Balaban J connectivity index is 1.88. The summed E-state index contributed by atoms with van der Waals surface area (Å²) >= 11 is 0. The van der Waals surface area contributed by atoms with Crippen molar-refractivity contribution in [1.82, 2.24) is 9.62 Å². The van der Waals surface area contributed by atoms with E-state index in [2.05, 4.69) is 5.32 Å². The standard InChI is InChI=1S/C17H24N2O7S/c1-25-14-4-3-13(11-15(14)26-2)16(20)18-7-10-27(23,24)19-8-5-12(6-9-19)17(21)22/h3-4,11-12H,5-10H2,1-2H3,(H,18,20)(H,21,22)/p-1. The second-order valence-electron chi connectivity index (χ2n) is 6.13. The number of sulfonamides is 1. The lowest BCUT2D eigenvalue weighted by molar-refractivity contribution is -0.312. The predicted octanol–water partition coefficient (Wildman–Crippen LogP) is -0.775. The van der Waals surface area contributed by atoms with Crippen molar-refractivity contribution in [2.24, 2.45) is 5.92 Å². The average molecular weight is 399 g/mol. The number of carboxylic acids is 1. The number of carbonyl (C=O) groups is 2. The molecule has 0 aliphatic carbocycles. The number of rotatable bonds is 8. The van der Waals surface area contributed by atoms with Gasteiger partial charge in [-0.15, -0.1) is 0 Å². The first-order chi connectivity index (χ1) is 12.8. The summed E-state index contributed by atoms with van der Waals surface area (Å²) in [5.74, 6) is -1.57. The summed E-state index contributed by atoms with van der Waals surface area (Å²) in [6, 6.07) is 4.65. The Labute approximate surface area is 158 Å². The number of amides is 1. The van der Waals surface area contributed by atoms with Gasteiger partial charge in [-0.3, -0.25) is 4.79 Å². The fourth-order valence-electron chi connectivity index (χ4n) is 2.87. The van der Waals surface area contributed by atoms with E-state index in [4.69, 9.17) is 9.47 Å². The molecule has 9 nitrogen and oxygen atoms in total. The van der Waals surface area contributed by atoms with Crippen molar-refractivity contribution in [3.63, 3.8) is 0 Å². The molecule has 0 bridgehead atoms. The van der Waals surface area contributed by atoms with Crippen molar-refractivity contribution in [3.8, 4) is 11.5 Å². The van der Waals surface area contributed by atoms with E-state index >= 15 is 0 Å². The highest BCUT2D eigenvalue weighted by atomic mass is 32.2. The van der Waals surface area contributed by atoms with Crippen LogP contribution in [0.1, 0.15) is 23.2 Å². The van der Waals surface area contributed by atoms with Crippen LogP contribution in [0.2, 0.25) is 0 Å². The van der Waals surface area contributed by atoms with E-state index < -0.39 is 27.8 Å². The SMILES string of the molecule is COc1ccc(C(=O)NCCS(=O)(=O)N2CCC(C(=O)[O-])CC2)cc1OC. The van der Waals surface area contributed by atoms with Gasteiger partial charge in [-0.2, -0.15) is 0 Å². The summed E-state index contributed by atoms with van der Waals surface area (Å²) in [6.45, 7) is 0.227. The second kappa shape index (κ2) is 9.05. The number of piperidine rings is 1. The predicted molar refractivity (Wildman–Crippen MR) is 95.0 cm³/mol. The van der Waals surface area contributed by atoms with Crippen LogP contribution in [-0.4, -0.2) is 64.2 Å². The average Bonchev–Trinajstić information content (AvgIpc) is 2.67. The highest BCUT2D eigenvalue weighted by molar-refractivity contribution is 7.89. The van der Waals surface area contributed by atoms with Crippen LogP contribution in [0.15, 0.2) is 18.2 Å². The lowest BCUT2D eigenvalue weighted by Crippen LogP contribution is -2.45. The Kier molecular flexibility index (Phi) is 7.03. The molecule has 0 saturated carbocycles. The van der Waals surface area contributed by atoms with Crippen molar-refractivity contribution in [3.05, 3.63) is 23.8 Å². The van der Waals surface area contributed by atoms with Crippen LogP contribution in [0.25, 0.3) is 0 Å². The third kappa shape index (κ3) is 5.33. The molecule has 0 aromatic heterocycles. The molecule has 1 aliphatic heterocycles. The molecule has 27 heavy (non-hydrogen) atoms. The van der Waals surface area contributed by atoms with Gasteiger partial charge in [0.1, 0.15) is 0 Å². The summed E-state index contributed by atoms with van der Waals surface area (Å²) in [7, 11) is -0.635. The van der Waals surface area contributed by atoms with E-state index in [1.54, 1.807) is 12.1 Å². The normalized spacial score (nSPS) is 15.9. The van der Waals surface area contributed by atoms with Gasteiger partial charge in [-0.25, -0.2) is 12.7 Å². The van der Waals surface area contributed by atoms with E-state index in [0.717, 1.165) is 0 Å². The maximum Gasteiger partial charge on any atom is 0.251 e. The molecule has 1 heterocycles. The maximum atomic E-state index is 12.3. The fourth-order valence-corrected chi connectivity index (χ4v) is 4.26. The number of hydrogen-bond donors (Lipinski definition) is 1. The quantitative estimate of drug-likeness (QED) is 0.608. The van der Waals surface area contributed by atoms with Crippen LogP contribution in [0.3, 0.4) is 0 Å². The van der Waals surface area contributed by atoms with Crippen LogP contribution in [-0.2, 0) is 14.8 Å². The largest absolute Gasteiger partial charge is 0.550 e. The summed E-state index contributed by atoms with van der Waals surface area (Å²) in [5, 5.41) is 13.4. The number of methoxy groups -OCH3 is 2. The topological polar surface area (TPSA) is 125 Å². The lowest BCUT2D eigenvalue weighted by atomic mass is 9.99. The van der Waals surface area contributed by atoms with E-state index in [9.17, 15) is 23.1 Å². The number of ether oxygens (including phenoxy) is 2. The monoisotopic (exact) mass is 399 g/mol. The summed E-state index contributed by atoms with van der Waals surface area (Å²) in [4.78, 5) is 23.0. The molecule has 150 valence electrons. The molecule has 1 aromatic carbocycles. The van der Waals surface area contributed by atoms with Gasteiger partial charge >= 0.3 is 0 Å². The third-order valence-corrected chi connectivity index (χ3v) is 6.34. The zero-order valence-electron chi connectivity index (χ0n) is 15.3. The molecule has 0 unspecified atom stereocenters. The second-order valence-corrected chi connectivity index (χ2v) is 8.22. The molecule has 2 rings (SSSR count). The summed E-state index contributed by atoms with van der Waals surface area (Å²) in [6.07, 6.45) is 0.471. The molecule has 0 atom stereocenters. The highest BCUT2D eigenvalue weighted by Gasteiger charge is 2.28. The summed E-state index contributed by atoms with van der Waals surface area (Å²) in [5.41, 5.74) is 0.319. The molecule has 1 aromatic rings. The van der Waals surface area contributed by atoms with Crippen molar-refractivity contribution >= 4 is 21.9 Å².